The highest BCUT2D eigenvalue weighted by Gasteiger charge is 2.09. The van der Waals surface area contributed by atoms with Gasteiger partial charge in [0.25, 0.3) is 0 Å². The molecule has 0 bridgehead atoms. The number of halogens is 1. The summed E-state index contributed by atoms with van der Waals surface area (Å²) < 4.78 is 5.72. The minimum Gasteiger partial charge on any atom is -0.456 e. The number of hydrogen-bond acceptors (Lipinski definition) is 3. The molecular formula is C14H15ClN2O. The highest BCUT2D eigenvalue weighted by molar-refractivity contribution is 6.17. The van der Waals surface area contributed by atoms with Crippen LogP contribution in [0, 0.1) is 6.92 Å². The summed E-state index contributed by atoms with van der Waals surface area (Å²) >= 11 is 5.77. The van der Waals surface area contributed by atoms with E-state index >= 15 is 0 Å². The molecule has 1 aromatic heterocycles. The lowest BCUT2D eigenvalue weighted by molar-refractivity contribution is 0.206. The number of aromatic nitrogens is 2. The smallest absolute Gasteiger partial charge is 0.317 e. The van der Waals surface area contributed by atoms with Crippen LogP contribution >= 0.6 is 11.6 Å². The number of rotatable bonds is 4. The van der Waals surface area contributed by atoms with Gasteiger partial charge in [0, 0.05) is 17.5 Å². The summed E-state index contributed by atoms with van der Waals surface area (Å²) in [5, 5.41) is 0. The van der Waals surface area contributed by atoms with E-state index in [0.717, 1.165) is 16.8 Å². The van der Waals surface area contributed by atoms with Crippen LogP contribution in [0.25, 0.3) is 0 Å². The Morgan fingerprint density at radius 3 is 2.61 bits per heavy atom. The number of alkyl halides is 1. The fourth-order valence-electron chi connectivity index (χ4n) is 1.61. The zero-order valence-corrected chi connectivity index (χ0v) is 11.2. The Hall–Kier alpha value is -1.61. The maximum atomic E-state index is 5.77. The highest BCUT2D eigenvalue weighted by atomic mass is 35.5. The number of benzene rings is 1. The molecule has 0 aliphatic heterocycles. The Labute approximate surface area is 112 Å². The fraction of sp³-hybridized carbons (Fsp3) is 0.286. The zero-order chi connectivity index (χ0) is 13.0. The van der Waals surface area contributed by atoms with Gasteiger partial charge in [-0.25, -0.2) is 9.97 Å². The minimum absolute atomic E-state index is 0.0764. The molecule has 1 unspecified atom stereocenters. The van der Waals surface area contributed by atoms with Crippen molar-refractivity contribution in [3.05, 3.63) is 53.3 Å². The number of ether oxygens (including phenoxy) is 1. The van der Waals surface area contributed by atoms with Crippen molar-refractivity contribution in [2.24, 2.45) is 0 Å². The monoisotopic (exact) mass is 262 g/mol. The maximum Gasteiger partial charge on any atom is 0.317 e. The van der Waals surface area contributed by atoms with Crippen molar-refractivity contribution in [2.45, 2.75) is 25.8 Å². The minimum atomic E-state index is -0.0764. The van der Waals surface area contributed by atoms with Crippen LogP contribution in [0.3, 0.4) is 0 Å². The predicted molar refractivity (Wildman–Crippen MR) is 71.8 cm³/mol. The second kappa shape index (κ2) is 5.83. The summed E-state index contributed by atoms with van der Waals surface area (Å²) in [4.78, 5) is 8.45. The third-order valence-corrected chi connectivity index (χ3v) is 3.04. The van der Waals surface area contributed by atoms with Crippen LogP contribution in [0.15, 0.2) is 36.5 Å². The Morgan fingerprint density at radius 1 is 1.28 bits per heavy atom. The van der Waals surface area contributed by atoms with Gasteiger partial charge >= 0.3 is 6.01 Å². The molecule has 0 aliphatic rings. The molecule has 4 heteroatoms. The molecule has 2 aromatic rings. The van der Waals surface area contributed by atoms with Crippen molar-refractivity contribution in [2.75, 3.05) is 0 Å². The van der Waals surface area contributed by atoms with Gasteiger partial charge in [-0.05, 0) is 19.4 Å². The number of aryl methyl sites for hydroxylation is 1. The van der Waals surface area contributed by atoms with Gasteiger partial charge in [0.1, 0.15) is 6.10 Å². The van der Waals surface area contributed by atoms with Gasteiger partial charge in [-0.1, -0.05) is 30.3 Å². The largest absolute Gasteiger partial charge is 0.456 e. The Morgan fingerprint density at radius 2 is 2.00 bits per heavy atom. The number of nitrogens with zero attached hydrogens (tertiary/aromatic N) is 2. The lowest BCUT2D eigenvalue weighted by atomic mass is 10.1. The average molecular weight is 263 g/mol. The molecule has 0 fully saturated rings. The van der Waals surface area contributed by atoms with Gasteiger partial charge in [0.2, 0.25) is 0 Å². The number of hydrogen-bond donors (Lipinski definition) is 0. The maximum absolute atomic E-state index is 5.77. The molecular weight excluding hydrogens is 248 g/mol. The van der Waals surface area contributed by atoms with Crippen LogP contribution in [0.5, 0.6) is 6.01 Å². The van der Waals surface area contributed by atoms with Crippen molar-refractivity contribution < 1.29 is 4.74 Å². The van der Waals surface area contributed by atoms with Crippen molar-refractivity contribution in [1.82, 2.24) is 9.97 Å². The summed E-state index contributed by atoms with van der Waals surface area (Å²) in [6.45, 7) is 3.88. The molecule has 0 saturated carbocycles. The van der Waals surface area contributed by atoms with E-state index in [1.807, 2.05) is 44.2 Å². The van der Waals surface area contributed by atoms with E-state index in [1.165, 1.54) is 0 Å². The second-order valence-electron chi connectivity index (χ2n) is 4.07. The summed E-state index contributed by atoms with van der Waals surface area (Å²) in [5.41, 5.74) is 2.88. The van der Waals surface area contributed by atoms with Gasteiger partial charge in [-0.3, -0.25) is 0 Å². The van der Waals surface area contributed by atoms with E-state index in [4.69, 9.17) is 16.3 Å². The first kappa shape index (κ1) is 12.8. The van der Waals surface area contributed by atoms with Gasteiger partial charge < -0.3 is 4.74 Å². The third-order valence-electron chi connectivity index (χ3n) is 2.75. The van der Waals surface area contributed by atoms with E-state index < -0.39 is 0 Å². The molecule has 0 amide bonds. The van der Waals surface area contributed by atoms with E-state index in [-0.39, 0.29) is 6.10 Å². The summed E-state index contributed by atoms with van der Waals surface area (Å²) in [6.07, 6.45) is 1.63. The molecule has 3 nitrogen and oxygen atoms in total. The lowest BCUT2D eigenvalue weighted by Gasteiger charge is -2.14. The van der Waals surface area contributed by atoms with Crippen LogP contribution in [-0.2, 0) is 5.88 Å². The van der Waals surface area contributed by atoms with Gasteiger partial charge in [-0.15, -0.1) is 11.6 Å². The first-order chi connectivity index (χ1) is 8.70. The lowest BCUT2D eigenvalue weighted by Crippen LogP contribution is -2.06. The molecule has 0 N–H and O–H groups in total. The SMILES string of the molecule is Cc1nc(OC(C)c2ccccc2)ncc1CCl. The van der Waals surface area contributed by atoms with Crippen LogP contribution < -0.4 is 4.74 Å². The summed E-state index contributed by atoms with van der Waals surface area (Å²) in [7, 11) is 0. The summed E-state index contributed by atoms with van der Waals surface area (Å²) in [6, 6.07) is 10.4. The van der Waals surface area contributed by atoms with E-state index in [0.29, 0.717) is 11.9 Å². The standard InChI is InChI=1S/C14H15ClN2O/c1-10-13(8-15)9-16-14(17-10)18-11(2)12-6-4-3-5-7-12/h3-7,9,11H,8H2,1-2H3. The summed E-state index contributed by atoms with van der Waals surface area (Å²) in [5.74, 6) is 0.417. The van der Waals surface area contributed by atoms with Crippen LogP contribution in [0.1, 0.15) is 29.8 Å². The highest BCUT2D eigenvalue weighted by Crippen LogP contribution is 2.19. The Balaban J connectivity index is 2.12. The molecule has 2 rings (SSSR count). The van der Waals surface area contributed by atoms with Crippen molar-refractivity contribution in [1.29, 1.82) is 0 Å². The predicted octanol–water partition coefficient (Wildman–Crippen LogP) is 3.66. The first-order valence-corrected chi connectivity index (χ1v) is 6.34. The Kier molecular flexibility index (Phi) is 4.15. The van der Waals surface area contributed by atoms with Gasteiger partial charge in [0.05, 0.1) is 5.88 Å². The average Bonchev–Trinajstić information content (AvgIpc) is 2.40. The van der Waals surface area contributed by atoms with E-state index in [1.54, 1.807) is 6.20 Å². The first-order valence-electron chi connectivity index (χ1n) is 5.81. The van der Waals surface area contributed by atoms with Crippen molar-refractivity contribution in [3.8, 4) is 6.01 Å². The van der Waals surface area contributed by atoms with Crippen molar-refractivity contribution >= 4 is 11.6 Å². The van der Waals surface area contributed by atoms with E-state index in [9.17, 15) is 0 Å². The fourth-order valence-corrected chi connectivity index (χ4v) is 1.87. The van der Waals surface area contributed by atoms with Gasteiger partial charge in [-0.2, -0.15) is 0 Å². The molecule has 18 heavy (non-hydrogen) atoms. The quantitative estimate of drug-likeness (QED) is 0.789. The Bertz CT molecular complexity index is 516. The zero-order valence-electron chi connectivity index (χ0n) is 10.4. The molecule has 0 aliphatic carbocycles. The molecule has 0 saturated heterocycles. The molecule has 0 radical (unpaired) electrons. The normalized spacial score (nSPS) is 12.2. The van der Waals surface area contributed by atoms with E-state index in [2.05, 4.69) is 9.97 Å². The third kappa shape index (κ3) is 2.99. The van der Waals surface area contributed by atoms with Crippen LogP contribution in [-0.4, -0.2) is 9.97 Å². The molecule has 1 atom stereocenters. The van der Waals surface area contributed by atoms with Crippen LogP contribution in [0.2, 0.25) is 0 Å². The second-order valence-corrected chi connectivity index (χ2v) is 4.33. The van der Waals surface area contributed by atoms with Crippen molar-refractivity contribution in [3.63, 3.8) is 0 Å². The van der Waals surface area contributed by atoms with Gasteiger partial charge in [0.15, 0.2) is 0 Å². The van der Waals surface area contributed by atoms with Crippen LogP contribution in [0.4, 0.5) is 0 Å². The molecule has 94 valence electrons. The molecule has 1 heterocycles. The molecule has 0 spiro atoms. The topological polar surface area (TPSA) is 35.0 Å². The molecule has 1 aromatic carbocycles.